The van der Waals surface area contributed by atoms with Crippen molar-refractivity contribution in [3.05, 3.63) is 58.1 Å². The van der Waals surface area contributed by atoms with E-state index >= 15 is 0 Å². The molecular formula is C19H14Cl2F3N3O2S. The summed E-state index contributed by atoms with van der Waals surface area (Å²) in [4.78, 5) is 30.1. The number of thioether (sulfide) groups is 1. The molecule has 1 aliphatic heterocycles. The third kappa shape index (κ3) is 5.47. The summed E-state index contributed by atoms with van der Waals surface area (Å²) in [6.07, 6.45) is -4.65. The molecular weight excluding hydrogens is 462 g/mol. The fourth-order valence-corrected chi connectivity index (χ4v) is 4.35. The Morgan fingerprint density at radius 2 is 1.87 bits per heavy atom. The Morgan fingerprint density at radius 1 is 1.20 bits per heavy atom. The molecule has 3 rings (SSSR count). The Kier molecular flexibility index (Phi) is 6.64. The van der Waals surface area contributed by atoms with Crippen molar-refractivity contribution in [2.75, 3.05) is 12.4 Å². The maximum absolute atomic E-state index is 12.9. The van der Waals surface area contributed by atoms with Gasteiger partial charge in [0, 0.05) is 29.2 Å². The molecule has 2 aromatic rings. The highest BCUT2D eigenvalue weighted by molar-refractivity contribution is 8.15. The van der Waals surface area contributed by atoms with E-state index in [1.807, 2.05) is 0 Å². The van der Waals surface area contributed by atoms with Crippen molar-refractivity contribution in [2.24, 2.45) is 4.99 Å². The summed E-state index contributed by atoms with van der Waals surface area (Å²) >= 11 is 12.8. The van der Waals surface area contributed by atoms with Crippen LogP contribution < -0.4 is 5.32 Å². The number of rotatable bonds is 4. The van der Waals surface area contributed by atoms with E-state index in [4.69, 9.17) is 23.2 Å². The van der Waals surface area contributed by atoms with Crippen LogP contribution in [0.1, 0.15) is 12.0 Å². The molecule has 158 valence electrons. The van der Waals surface area contributed by atoms with Gasteiger partial charge in [-0.15, -0.1) is 0 Å². The zero-order valence-corrected chi connectivity index (χ0v) is 17.7. The molecule has 2 amide bonds. The summed E-state index contributed by atoms with van der Waals surface area (Å²) in [6.45, 7) is 0. The maximum Gasteiger partial charge on any atom is 0.416 e. The molecule has 11 heteroatoms. The van der Waals surface area contributed by atoms with E-state index in [1.54, 1.807) is 0 Å². The van der Waals surface area contributed by atoms with Gasteiger partial charge in [0.25, 0.3) is 0 Å². The first-order chi connectivity index (χ1) is 14.0. The number of anilines is 1. The fraction of sp³-hybridized carbons (Fsp3) is 0.211. The normalized spacial score (nSPS) is 18.2. The first kappa shape index (κ1) is 22.5. The highest BCUT2D eigenvalue weighted by atomic mass is 35.5. The van der Waals surface area contributed by atoms with Crippen molar-refractivity contribution >= 4 is 63.3 Å². The Balaban J connectivity index is 1.71. The lowest BCUT2D eigenvalue weighted by molar-refractivity contribution is -0.137. The second-order valence-corrected chi connectivity index (χ2v) is 8.40. The number of halogens is 5. The number of hydrogen-bond acceptors (Lipinski definition) is 4. The van der Waals surface area contributed by atoms with Gasteiger partial charge in [0.2, 0.25) is 11.8 Å². The second kappa shape index (κ2) is 8.87. The Labute approximate surface area is 184 Å². The number of aliphatic imine (C=N–C) groups is 1. The predicted octanol–water partition coefficient (Wildman–Crippen LogP) is 5.60. The van der Waals surface area contributed by atoms with Crippen molar-refractivity contribution in [1.29, 1.82) is 0 Å². The summed E-state index contributed by atoms with van der Waals surface area (Å²) in [6, 6.07) is 9.03. The SMILES string of the molecule is CN1C(=O)[C@@H](CC(=O)Nc2cc(Cl)cc(Cl)c2)SC1=Nc1cccc(C(F)(F)F)c1. The minimum atomic E-state index is -4.50. The summed E-state index contributed by atoms with van der Waals surface area (Å²) in [7, 11) is 1.45. The van der Waals surface area contributed by atoms with Crippen molar-refractivity contribution in [3.63, 3.8) is 0 Å². The van der Waals surface area contributed by atoms with Crippen molar-refractivity contribution < 1.29 is 22.8 Å². The first-order valence-corrected chi connectivity index (χ1v) is 10.1. The topological polar surface area (TPSA) is 61.8 Å². The zero-order valence-electron chi connectivity index (χ0n) is 15.3. The quantitative estimate of drug-likeness (QED) is 0.625. The molecule has 30 heavy (non-hydrogen) atoms. The molecule has 2 aromatic carbocycles. The van der Waals surface area contributed by atoms with E-state index < -0.39 is 22.9 Å². The highest BCUT2D eigenvalue weighted by Gasteiger charge is 2.37. The Bertz CT molecular complexity index is 1010. The summed E-state index contributed by atoms with van der Waals surface area (Å²) in [5.74, 6) is -0.807. The van der Waals surface area contributed by atoms with E-state index in [0.29, 0.717) is 15.7 Å². The average Bonchev–Trinajstić information content (AvgIpc) is 2.88. The molecule has 0 saturated carbocycles. The smallest absolute Gasteiger partial charge is 0.326 e. The van der Waals surface area contributed by atoms with Crippen LogP contribution in [0.25, 0.3) is 0 Å². The van der Waals surface area contributed by atoms with Gasteiger partial charge in [0.05, 0.1) is 11.3 Å². The first-order valence-electron chi connectivity index (χ1n) is 8.49. The van der Waals surface area contributed by atoms with Crippen LogP contribution in [0.5, 0.6) is 0 Å². The van der Waals surface area contributed by atoms with Gasteiger partial charge < -0.3 is 5.32 Å². The van der Waals surface area contributed by atoms with Crippen LogP contribution in [-0.2, 0) is 15.8 Å². The van der Waals surface area contributed by atoms with Crippen LogP contribution in [0, 0.1) is 0 Å². The molecule has 5 nitrogen and oxygen atoms in total. The minimum absolute atomic E-state index is 0.0608. The molecule has 1 heterocycles. The van der Waals surface area contributed by atoms with Crippen LogP contribution in [0.15, 0.2) is 47.5 Å². The third-order valence-electron chi connectivity index (χ3n) is 4.06. The van der Waals surface area contributed by atoms with Crippen LogP contribution in [0.2, 0.25) is 10.0 Å². The lowest BCUT2D eigenvalue weighted by atomic mass is 10.2. The lowest BCUT2D eigenvalue weighted by Gasteiger charge is -2.10. The molecule has 1 atom stereocenters. The van der Waals surface area contributed by atoms with Crippen LogP contribution in [0.4, 0.5) is 24.5 Å². The number of amides is 2. The van der Waals surface area contributed by atoms with Crippen LogP contribution >= 0.6 is 35.0 Å². The monoisotopic (exact) mass is 475 g/mol. The van der Waals surface area contributed by atoms with E-state index in [9.17, 15) is 22.8 Å². The number of nitrogens with zero attached hydrogens (tertiary/aromatic N) is 2. The van der Waals surface area contributed by atoms with Crippen molar-refractivity contribution in [2.45, 2.75) is 17.8 Å². The van der Waals surface area contributed by atoms with Crippen LogP contribution in [-0.4, -0.2) is 34.2 Å². The standard InChI is InChI=1S/C19H14Cl2F3N3O2S/c1-27-17(29)15(9-16(28)25-14-7-11(20)6-12(21)8-14)30-18(27)26-13-4-2-3-10(5-13)19(22,23)24/h2-8,15H,9H2,1H3,(H,25,28)/t15-/m1/s1. The Morgan fingerprint density at radius 3 is 2.50 bits per heavy atom. The molecule has 0 aromatic heterocycles. The third-order valence-corrected chi connectivity index (χ3v) is 5.72. The van der Waals surface area contributed by atoms with E-state index in [-0.39, 0.29) is 23.2 Å². The number of carbonyl (C=O) groups is 2. The number of benzene rings is 2. The molecule has 0 spiro atoms. The summed E-state index contributed by atoms with van der Waals surface area (Å²) in [5.41, 5.74) is -0.387. The number of amidine groups is 1. The van der Waals surface area contributed by atoms with Gasteiger partial charge in [-0.3, -0.25) is 14.5 Å². The van der Waals surface area contributed by atoms with Gasteiger partial charge in [-0.2, -0.15) is 13.2 Å². The van der Waals surface area contributed by atoms with Gasteiger partial charge in [-0.1, -0.05) is 41.0 Å². The van der Waals surface area contributed by atoms with E-state index in [2.05, 4.69) is 10.3 Å². The molecule has 1 aliphatic rings. The fourth-order valence-electron chi connectivity index (χ4n) is 2.67. The maximum atomic E-state index is 12.9. The molecule has 0 radical (unpaired) electrons. The average molecular weight is 476 g/mol. The van der Waals surface area contributed by atoms with Crippen molar-refractivity contribution in [3.8, 4) is 0 Å². The molecule has 1 N–H and O–H groups in total. The summed E-state index contributed by atoms with van der Waals surface area (Å²) in [5, 5.41) is 2.77. The molecule has 0 bridgehead atoms. The summed E-state index contributed by atoms with van der Waals surface area (Å²) < 4.78 is 38.6. The molecule has 0 unspecified atom stereocenters. The largest absolute Gasteiger partial charge is 0.416 e. The van der Waals surface area contributed by atoms with Gasteiger partial charge in [-0.05, 0) is 36.4 Å². The van der Waals surface area contributed by atoms with Gasteiger partial charge in [0.15, 0.2) is 5.17 Å². The van der Waals surface area contributed by atoms with Gasteiger partial charge >= 0.3 is 6.18 Å². The molecule has 1 saturated heterocycles. The second-order valence-electron chi connectivity index (χ2n) is 6.36. The van der Waals surface area contributed by atoms with Gasteiger partial charge in [-0.25, -0.2) is 4.99 Å². The van der Waals surface area contributed by atoms with E-state index in [1.165, 1.54) is 42.3 Å². The van der Waals surface area contributed by atoms with Crippen LogP contribution in [0.3, 0.4) is 0 Å². The molecule has 1 fully saturated rings. The predicted molar refractivity (Wildman–Crippen MR) is 112 cm³/mol. The Hall–Kier alpha value is -2.23. The number of nitrogens with one attached hydrogen (secondary N) is 1. The number of hydrogen-bond donors (Lipinski definition) is 1. The minimum Gasteiger partial charge on any atom is -0.326 e. The van der Waals surface area contributed by atoms with E-state index in [0.717, 1.165) is 23.9 Å². The highest BCUT2D eigenvalue weighted by Crippen LogP contribution is 2.34. The van der Waals surface area contributed by atoms with Gasteiger partial charge in [0.1, 0.15) is 5.25 Å². The lowest BCUT2D eigenvalue weighted by Crippen LogP contribution is -2.30. The number of alkyl halides is 3. The van der Waals surface area contributed by atoms with Crippen molar-refractivity contribution in [1.82, 2.24) is 4.90 Å². The molecule has 0 aliphatic carbocycles. The zero-order chi connectivity index (χ0) is 22.1. The number of carbonyl (C=O) groups excluding carboxylic acids is 2.